The molecule has 0 aliphatic carbocycles. The van der Waals surface area contributed by atoms with Crippen molar-refractivity contribution in [2.75, 3.05) is 0 Å². The van der Waals surface area contributed by atoms with E-state index in [4.69, 9.17) is 5.11 Å². The number of carboxylic acid groups (broad SMARTS) is 1. The van der Waals surface area contributed by atoms with Gasteiger partial charge in [-0.05, 0) is 17.7 Å². The van der Waals surface area contributed by atoms with E-state index < -0.39 is 5.97 Å². The number of aliphatic carboxylic acids is 1. The van der Waals surface area contributed by atoms with Crippen LogP contribution in [0.5, 0.6) is 0 Å². The summed E-state index contributed by atoms with van der Waals surface area (Å²) in [5.74, 6) is -1.33. The lowest BCUT2D eigenvalue weighted by molar-refractivity contribution is -0.131. The van der Waals surface area contributed by atoms with E-state index in [2.05, 4.69) is 15.4 Å². The van der Waals surface area contributed by atoms with Gasteiger partial charge in [-0.25, -0.2) is 4.79 Å². The maximum atomic E-state index is 12.0. The van der Waals surface area contributed by atoms with Crippen LogP contribution in [0.15, 0.2) is 36.9 Å². The maximum absolute atomic E-state index is 12.0. The molecule has 7 heteroatoms. The van der Waals surface area contributed by atoms with Gasteiger partial charge in [0.1, 0.15) is 0 Å². The minimum Gasteiger partial charge on any atom is -0.478 e. The molecular formula is C14H14N4O3. The number of amides is 1. The molecule has 7 nitrogen and oxygen atoms in total. The summed E-state index contributed by atoms with van der Waals surface area (Å²) in [5.41, 5.74) is 1.80. The predicted molar refractivity (Wildman–Crippen MR) is 75.3 cm³/mol. The molecule has 2 N–H and O–H groups in total. The molecule has 0 fully saturated rings. The quantitative estimate of drug-likeness (QED) is 0.794. The van der Waals surface area contributed by atoms with E-state index in [1.807, 2.05) is 6.20 Å². The van der Waals surface area contributed by atoms with Crippen molar-refractivity contribution in [1.29, 1.82) is 0 Å². The molecule has 0 saturated heterocycles. The van der Waals surface area contributed by atoms with Crippen molar-refractivity contribution in [3.63, 3.8) is 0 Å². The molecule has 0 aliphatic rings. The second-order valence-electron chi connectivity index (χ2n) is 4.38. The highest BCUT2D eigenvalue weighted by Gasteiger charge is 2.07. The van der Waals surface area contributed by atoms with Gasteiger partial charge in [0.2, 0.25) is 0 Å². The van der Waals surface area contributed by atoms with Crippen LogP contribution in [0.4, 0.5) is 0 Å². The van der Waals surface area contributed by atoms with Crippen LogP contribution in [0, 0.1) is 0 Å². The third kappa shape index (κ3) is 4.27. The first-order chi connectivity index (χ1) is 10.0. The van der Waals surface area contributed by atoms with E-state index in [9.17, 15) is 9.59 Å². The summed E-state index contributed by atoms with van der Waals surface area (Å²) in [6, 6.07) is 1.57. The molecule has 0 atom stereocenters. The van der Waals surface area contributed by atoms with Gasteiger partial charge in [-0.3, -0.25) is 14.5 Å². The Kier molecular flexibility index (Phi) is 4.45. The molecule has 21 heavy (non-hydrogen) atoms. The summed E-state index contributed by atoms with van der Waals surface area (Å²) < 4.78 is 1.65. The summed E-state index contributed by atoms with van der Waals surface area (Å²) in [6.07, 6.45) is 8.77. The van der Waals surface area contributed by atoms with Gasteiger partial charge in [-0.15, -0.1) is 0 Å². The summed E-state index contributed by atoms with van der Waals surface area (Å²) in [5, 5.41) is 15.3. The highest BCUT2D eigenvalue weighted by molar-refractivity contribution is 5.94. The Morgan fingerprint density at radius 3 is 2.86 bits per heavy atom. The smallest absolute Gasteiger partial charge is 0.328 e. The molecule has 0 radical (unpaired) electrons. The number of hydrogen-bond acceptors (Lipinski definition) is 4. The van der Waals surface area contributed by atoms with Gasteiger partial charge < -0.3 is 10.4 Å². The fourth-order valence-corrected chi connectivity index (χ4v) is 1.69. The number of carboxylic acids is 1. The van der Waals surface area contributed by atoms with Crippen molar-refractivity contribution >= 4 is 18.0 Å². The number of nitrogens with zero attached hydrogens (tertiary/aromatic N) is 3. The normalized spacial score (nSPS) is 10.7. The van der Waals surface area contributed by atoms with Gasteiger partial charge in [0.25, 0.3) is 5.91 Å². The first-order valence-electron chi connectivity index (χ1n) is 6.16. The van der Waals surface area contributed by atoms with Crippen molar-refractivity contribution in [2.45, 2.75) is 6.54 Å². The van der Waals surface area contributed by atoms with Crippen molar-refractivity contribution in [3.05, 3.63) is 53.6 Å². The lowest BCUT2D eigenvalue weighted by Gasteiger charge is -2.04. The average molecular weight is 286 g/mol. The van der Waals surface area contributed by atoms with Crippen LogP contribution < -0.4 is 5.32 Å². The molecule has 0 spiro atoms. The number of pyridine rings is 1. The fourth-order valence-electron chi connectivity index (χ4n) is 1.69. The topological polar surface area (TPSA) is 97.1 Å². The third-order valence-electron chi connectivity index (χ3n) is 2.65. The Bertz CT molecular complexity index is 691. The second kappa shape index (κ2) is 6.47. The van der Waals surface area contributed by atoms with Crippen molar-refractivity contribution in [1.82, 2.24) is 20.1 Å². The second-order valence-corrected chi connectivity index (χ2v) is 4.38. The van der Waals surface area contributed by atoms with E-state index in [0.717, 1.165) is 11.6 Å². The highest BCUT2D eigenvalue weighted by Crippen LogP contribution is 2.05. The van der Waals surface area contributed by atoms with Crippen LogP contribution in [-0.4, -0.2) is 31.7 Å². The van der Waals surface area contributed by atoms with Crippen LogP contribution in [0.2, 0.25) is 0 Å². The third-order valence-corrected chi connectivity index (χ3v) is 2.65. The van der Waals surface area contributed by atoms with Crippen LogP contribution in [0.25, 0.3) is 6.08 Å². The van der Waals surface area contributed by atoms with Gasteiger partial charge in [0, 0.05) is 43.8 Å². The Morgan fingerprint density at radius 1 is 1.38 bits per heavy atom. The number of carbonyl (C=O) groups is 2. The Morgan fingerprint density at radius 2 is 2.19 bits per heavy atom. The van der Waals surface area contributed by atoms with E-state index in [-0.39, 0.29) is 5.91 Å². The van der Waals surface area contributed by atoms with E-state index >= 15 is 0 Å². The average Bonchev–Trinajstić information content (AvgIpc) is 2.88. The minimum atomic E-state index is -1.05. The lowest BCUT2D eigenvalue weighted by Crippen LogP contribution is -2.22. The lowest BCUT2D eigenvalue weighted by atomic mass is 10.2. The highest BCUT2D eigenvalue weighted by atomic mass is 16.4. The van der Waals surface area contributed by atoms with E-state index in [1.165, 1.54) is 18.5 Å². The van der Waals surface area contributed by atoms with Crippen LogP contribution in [0.1, 0.15) is 21.5 Å². The first-order valence-corrected chi connectivity index (χ1v) is 6.16. The van der Waals surface area contributed by atoms with Gasteiger partial charge in [0.15, 0.2) is 0 Å². The number of nitrogens with one attached hydrogen (secondary N) is 1. The first kappa shape index (κ1) is 14.4. The predicted octanol–water partition coefficient (Wildman–Crippen LogP) is 0.843. The van der Waals surface area contributed by atoms with Crippen LogP contribution in [-0.2, 0) is 18.4 Å². The summed E-state index contributed by atoms with van der Waals surface area (Å²) in [7, 11) is 1.80. The van der Waals surface area contributed by atoms with E-state index in [0.29, 0.717) is 17.7 Å². The van der Waals surface area contributed by atoms with E-state index in [1.54, 1.807) is 24.0 Å². The van der Waals surface area contributed by atoms with Gasteiger partial charge >= 0.3 is 5.97 Å². The minimum absolute atomic E-state index is 0.281. The molecule has 0 bridgehead atoms. The zero-order chi connectivity index (χ0) is 15.2. The fraction of sp³-hybridized carbons (Fsp3) is 0.143. The van der Waals surface area contributed by atoms with Crippen molar-refractivity contribution in [2.24, 2.45) is 7.05 Å². The van der Waals surface area contributed by atoms with Crippen LogP contribution in [0.3, 0.4) is 0 Å². The van der Waals surface area contributed by atoms with Gasteiger partial charge in [-0.2, -0.15) is 5.10 Å². The van der Waals surface area contributed by atoms with Gasteiger partial charge in [0.05, 0.1) is 11.8 Å². The molecule has 0 saturated carbocycles. The molecular weight excluding hydrogens is 272 g/mol. The zero-order valence-electron chi connectivity index (χ0n) is 11.4. The molecule has 0 aromatic carbocycles. The largest absolute Gasteiger partial charge is 0.478 e. The zero-order valence-corrected chi connectivity index (χ0v) is 11.4. The molecule has 0 unspecified atom stereocenters. The molecule has 2 aromatic heterocycles. The van der Waals surface area contributed by atoms with Crippen molar-refractivity contribution < 1.29 is 14.7 Å². The summed E-state index contributed by atoms with van der Waals surface area (Å²) in [4.78, 5) is 26.4. The summed E-state index contributed by atoms with van der Waals surface area (Å²) >= 11 is 0. The number of aromatic nitrogens is 3. The number of hydrogen-bond donors (Lipinski definition) is 2. The maximum Gasteiger partial charge on any atom is 0.328 e. The molecule has 2 rings (SSSR count). The molecule has 0 aliphatic heterocycles. The molecule has 1 amide bonds. The standard InChI is InChI=1S/C14H14N4O3/c1-18-9-11(7-17-18)6-16-14(21)12-4-10(5-15-8-12)2-3-13(19)20/h2-5,7-9H,6H2,1H3,(H,16,21)(H,19,20). The Balaban J connectivity index is 2.02. The number of aryl methyl sites for hydroxylation is 1. The SMILES string of the molecule is Cn1cc(CNC(=O)c2cncc(C=CC(=O)O)c2)cn1. The van der Waals surface area contributed by atoms with Crippen molar-refractivity contribution in [3.8, 4) is 0 Å². The number of rotatable bonds is 5. The number of carbonyl (C=O) groups excluding carboxylic acids is 1. The van der Waals surface area contributed by atoms with Gasteiger partial charge in [-0.1, -0.05) is 0 Å². The van der Waals surface area contributed by atoms with Crippen LogP contribution >= 0.6 is 0 Å². The Hall–Kier alpha value is -2.96. The summed E-state index contributed by atoms with van der Waals surface area (Å²) in [6.45, 7) is 0.363. The Labute approximate surface area is 120 Å². The monoisotopic (exact) mass is 286 g/mol. The molecule has 2 heterocycles. The molecule has 108 valence electrons. The molecule has 2 aromatic rings.